The van der Waals surface area contributed by atoms with Crippen LogP contribution in [0.1, 0.15) is 57.8 Å². The summed E-state index contributed by atoms with van der Waals surface area (Å²) in [4.78, 5) is 7.27. The van der Waals surface area contributed by atoms with Crippen molar-refractivity contribution in [3.05, 3.63) is 0 Å². The third-order valence-electron chi connectivity index (χ3n) is 5.97. The Bertz CT molecular complexity index is 386. The van der Waals surface area contributed by atoms with Crippen molar-refractivity contribution in [2.75, 3.05) is 38.2 Å². The average molecular weight is 466 g/mol. The molecule has 0 aromatic rings. The lowest BCUT2D eigenvalue weighted by molar-refractivity contribution is 0.0625. The quantitative estimate of drug-likeness (QED) is 0.378. The van der Waals surface area contributed by atoms with E-state index >= 15 is 0 Å². The lowest BCUT2D eigenvalue weighted by Crippen LogP contribution is -2.60. The van der Waals surface area contributed by atoms with Gasteiger partial charge in [0.2, 0.25) is 0 Å². The molecule has 1 saturated heterocycles. The molecule has 0 atom stereocenters. The molecule has 1 heterocycles. The first kappa shape index (κ1) is 20.6. The van der Waals surface area contributed by atoms with Gasteiger partial charge in [-0.1, -0.05) is 32.1 Å². The zero-order valence-electron chi connectivity index (χ0n) is 15.2. The maximum Gasteiger partial charge on any atom is 0.191 e. The van der Waals surface area contributed by atoms with Crippen molar-refractivity contribution in [1.82, 2.24) is 15.5 Å². The number of guanidine groups is 1. The summed E-state index contributed by atoms with van der Waals surface area (Å²) in [7, 11) is 1.91. The van der Waals surface area contributed by atoms with E-state index in [1.807, 2.05) is 7.05 Å². The molecule has 2 saturated carbocycles. The molecule has 0 aromatic heterocycles. The van der Waals surface area contributed by atoms with Crippen LogP contribution in [0.25, 0.3) is 0 Å². The van der Waals surface area contributed by atoms with E-state index in [0.29, 0.717) is 11.6 Å². The van der Waals surface area contributed by atoms with Crippen molar-refractivity contribution in [3.8, 4) is 0 Å². The summed E-state index contributed by atoms with van der Waals surface area (Å²) in [6, 6.07) is 0.634. The van der Waals surface area contributed by atoms with Gasteiger partial charge in [0.15, 0.2) is 5.96 Å². The maximum absolute atomic E-state index is 4.48. The lowest BCUT2D eigenvalue weighted by Gasteiger charge is -2.48. The summed E-state index contributed by atoms with van der Waals surface area (Å²) in [6.07, 6.45) is 12.2. The molecule has 0 amide bonds. The second-order valence-corrected chi connectivity index (χ2v) is 8.66. The van der Waals surface area contributed by atoms with Crippen molar-refractivity contribution < 1.29 is 0 Å². The minimum Gasteiger partial charge on any atom is -0.355 e. The monoisotopic (exact) mass is 466 g/mol. The van der Waals surface area contributed by atoms with Crippen LogP contribution in [0.4, 0.5) is 0 Å². The minimum absolute atomic E-state index is 0. The molecule has 6 heteroatoms. The van der Waals surface area contributed by atoms with E-state index < -0.39 is 0 Å². The number of halogens is 1. The normalized spacial score (nSPS) is 26.0. The second-order valence-electron chi connectivity index (χ2n) is 7.44. The maximum atomic E-state index is 4.48. The van der Waals surface area contributed by atoms with E-state index in [9.17, 15) is 0 Å². The summed E-state index contributed by atoms with van der Waals surface area (Å²) in [5, 5.41) is 7.34. The molecule has 1 aliphatic heterocycles. The van der Waals surface area contributed by atoms with Gasteiger partial charge in [0.1, 0.15) is 0 Å². The van der Waals surface area contributed by atoms with E-state index in [0.717, 1.165) is 12.5 Å². The van der Waals surface area contributed by atoms with Crippen LogP contribution >= 0.6 is 35.7 Å². The fourth-order valence-electron chi connectivity index (χ4n) is 4.56. The Balaban J connectivity index is 0.00000208. The Morgan fingerprint density at radius 1 is 1.08 bits per heavy atom. The first-order chi connectivity index (χ1) is 11.3. The molecule has 3 fully saturated rings. The highest BCUT2D eigenvalue weighted by Crippen LogP contribution is 2.34. The molecule has 0 radical (unpaired) electrons. The summed E-state index contributed by atoms with van der Waals surface area (Å²) < 4.78 is 0. The number of nitrogens with zero attached hydrogens (tertiary/aromatic N) is 2. The van der Waals surface area contributed by atoms with Crippen LogP contribution in [0.2, 0.25) is 0 Å². The van der Waals surface area contributed by atoms with Crippen LogP contribution in [0.15, 0.2) is 4.99 Å². The van der Waals surface area contributed by atoms with Crippen LogP contribution in [0.5, 0.6) is 0 Å². The Kier molecular flexibility index (Phi) is 8.98. The van der Waals surface area contributed by atoms with Crippen molar-refractivity contribution in [1.29, 1.82) is 0 Å². The van der Waals surface area contributed by atoms with E-state index in [1.54, 1.807) is 0 Å². The Hall–Kier alpha value is 0.310. The van der Waals surface area contributed by atoms with Gasteiger partial charge >= 0.3 is 0 Å². The average Bonchev–Trinajstić information content (AvgIpc) is 3.13. The van der Waals surface area contributed by atoms with Crippen LogP contribution in [-0.2, 0) is 0 Å². The van der Waals surface area contributed by atoms with Crippen molar-refractivity contribution >= 4 is 41.7 Å². The van der Waals surface area contributed by atoms with Crippen molar-refractivity contribution in [2.45, 2.75) is 69.4 Å². The predicted octanol–water partition coefficient (Wildman–Crippen LogP) is 3.46. The molecule has 0 unspecified atom stereocenters. The molecule has 0 aromatic carbocycles. The molecule has 3 rings (SSSR count). The largest absolute Gasteiger partial charge is 0.355 e. The molecule has 0 spiro atoms. The van der Waals surface area contributed by atoms with Gasteiger partial charge < -0.3 is 10.6 Å². The van der Waals surface area contributed by atoms with Crippen molar-refractivity contribution in [3.63, 3.8) is 0 Å². The van der Waals surface area contributed by atoms with E-state index in [-0.39, 0.29) is 24.0 Å². The van der Waals surface area contributed by atoms with Gasteiger partial charge in [0, 0.05) is 49.8 Å². The number of nitrogens with one attached hydrogen (secondary N) is 2. The Labute approximate surface area is 169 Å². The molecular weight excluding hydrogens is 431 g/mol. The molecular formula is C18H35IN4S. The molecule has 140 valence electrons. The predicted molar refractivity (Wildman–Crippen MR) is 117 cm³/mol. The summed E-state index contributed by atoms with van der Waals surface area (Å²) in [6.45, 7) is 3.59. The Morgan fingerprint density at radius 2 is 1.75 bits per heavy atom. The highest BCUT2D eigenvalue weighted by Gasteiger charge is 2.38. The number of hydrogen-bond donors (Lipinski definition) is 2. The summed E-state index contributed by atoms with van der Waals surface area (Å²) >= 11 is 2.11. The molecule has 3 aliphatic rings. The fourth-order valence-corrected chi connectivity index (χ4v) is 5.46. The first-order valence-electron chi connectivity index (χ1n) is 9.62. The molecule has 2 aliphatic carbocycles. The van der Waals surface area contributed by atoms with Crippen LogP contribution < -0.4 is 10.6 Å². The fraction of sp³-hybridized carbons (Fsp3) is 0.944. The zero-order valence-corrected chi connectivity index (χ0v) is 18.3. The lowest BCUT2D eigenvalue weighted by atomic mass is 9.80. The topological polar surface area (TPSA) is 39.7 Å². The van der Waals surface area contributed by atoms with Gasteiger partial charge in [-0.2, -0.15) is 11.8 Å². The van der Waals surface area contributed by atoms with Gasteiger partial charge in [0.25, 0.3) is 0 Å². The molecule has 4 nitrogen and oxygen atoms in total. The van der Waals surface area contributed by atoms with Gasteiger partial charge in [0.05, 0.1) is 0 Å². The second kappa shape index (κ2) is 10.5. The van der Waals surface area contributed by atoms with Crippen LogP contribution in [-0.4, -0.2) is 60.6 Å². The third-order valence-corrected chi connectivity index (χ3v) is 6.91. The van der Waals surface area contributed by atoms with Gasteiger partial charge in [-0.3, -0.25) is 9.89 Å². The smallest absolute Gasteiger partial charge is 0.191 e. The first-order valence-corrected chi connectivity index (χ1v) is 10.8. The molecule has 24 heavy (non-hydrogen) atoms. The highest BCUT2D eigenvalue weighted by atomic mass is 127. The highest BCUT2D eigenvalue weighted by molar-refractivity contribution is 14.0. The number of hydrogen-bond acceptors (Lipinski definition) is 3. The third kappa shape index (κ3) is 5.40. The van der Waals surface area contributed by atoms with Gasteiger partial charge in [-0.05, 0) is 25.7 Å². The summed E-state index contributed by atoms with van der Waals surface area (Å²) in [5.41, 5.74) is 0.368. The van der Waals surface area contributed by atoms with Crippen LogP contribution in [0.3, 0.4) is 0 Å². The zero-order chi connectivity index (χ0) is 16.0. The number of rotatable bonds is 4. The van der Waals surface area contributed by atoms with E-state index in [2.05, 4.69) is 32.3 Å². The molecule has 0 bridgehead atoms. The van der Waals surface area contributed by atoms with E-state index in [4.69, 9.17) is 0 Å². The summed E-state index contributed by atoms with van der Waals surface area (Å²) in [5.74, 6) is 3.63. The Morgan fingerprint density at radius 3 is 2.38 bits per heavy atom. The SMILES string of the molecule is CN=C(NCC1(N2CCSCC2)CCCCC1)NC1CCCC1.I. The number of thioether (sulfide) groups is 1. The number of aliphatic imine (C=N–C) groups is 1. The van der Waals surface area contributed by atoms with E-state index in [1.165, 1.54) is 82.4 Å². The van der Waals surface area contributed by atoms with Crippen molar-refractivity contribution in [2.24, 2.45) is 4.99 Å². The van der Waals surface area contributed by atoms with Crippen LogP contribution in [0, 0.1) is 0 Å². The van der Waals surface area contributed by atoms with Gasteiger partial charge in [-0.15, -0.1) is 24.0 Å². The van der Waals surface area contributed by atoms with Gasteiger partial charge in [-0.25, -0.2) is 0 Å². The minimum atomic E-state index is 0. The standard InChI is InChI=1S/C18H34N4S.HI/c1-19-17(21-16-7-3-4-8-16)20-15-18(9-5-2-6-10-18)22-11-13-23-14-12-22;/h16H,2-15H2,1H3,(H2,19,20,21);1H. The molecule has 2 N–H and O–H groups in total.